The third-order valence-electron chi connectivity index (χ3n) is 2.13. The van der Waals surface area contributed by atoms with Crippen LogP contribution < -0.4 is 10.6 Å². The van der Waals surface area contributed by atoms with Gasteiger partial charge in [0.05, 0.1) is 12.8 Å². The molecular formula is C10H13N5O6. The molecule has 0 atom stereocenters. The Balaban J connectivity index is 2.42. The van der Waals surface area contributed by atoms with Crippen LogP contribution in [0.5, 0.6) is 0 Å². The van der Waals surface area contributed by atoms with Gasteiger partial charge in [0.2, 0.25) is 23.7 Å². The van der Waals surface area contributed by atoms with Gasteiger partial charge in [-0.3, -0.25) is 29.8 Å². The monoisotopic (exact) mass is 299 g/mol. The van der Waals surface area contributed by atoms with Crippen LogP contribution in [0.1, 0.15) is 25.7 Å². The number of nitrogens with one attached hydrogen (secondary N) is 3. The lowest BCUT2D eigenvalue weighted by molar-refractivity contribution is -0.138. The summed E-state index contributed by atoms with van der Waals surface area (Å²) < 4.78 is 0. The smallest absolute Gasteiger partial charge is 0.303 e. The topological polar surface area (TPSA) is 174 Å². The highest BCUT2D eigenvalue weighted by Crippen LogP contribution is 2.05. The maximum atomic E-state index is 11.3. The summed E-state index contributed by atoms with van der Waals surface area (Å²) in [4.78, 5) is 46.9. The molecule has 0 unspecified atom stereocenters. The second kappa shape index (κ2) is 7.57. The van der Waals surface area contributed by atoms with E-state index in [9.17, 15) is 19.2 Å². The minimum absolute atomic E-state index is 0.0566. The molecule has 0 bridgehead atoms. The summed E-state index contributed by atoms with van der Waals surface area (Å²) in [6.45, 7) is 0. The molecule has 0 aliphatic rings. The number of nitrogens with zero attached hydrogens (tertiary/aromatic N) is 2. The van der Waals surface area contributed by atoms with Gasteiger partial charge in [-0.25, -0.2) is 5.10 Å². The molecule has 5 N–H and O–H groups in total. The lowest BCUT2D eigenvalue weighted by Crippen LogP contribution is -2.15. The lowest BCUT2D eigenvalue weighted by Gasteiger charge is -1.99. The van der Waals surface area contributed by atoms with Gasteiger partial charge in [0.15, 0.2) is 0 Å². The number of amides is 2. The molecule has 0 saturated heterocycles. The average molecular weight is 299 g/mol. The van der Waals surface area contributed by atoms with Crippen LogP contribution in [0.4, 0.5) is 11.9 Å². The summed E-state index contributed by atoms with van der Waals surface area (Å²) in [6, 6.07) is 0. The van der Waals surface area contributed by atoms with Crippen LogP contribution in [0, 0.1) is 0 Å². The standard InChI is InChI=1S/C10H13N5O6/c16-5(1-3-7(18)19)11-9-13-10(15-14-9)12-6(17)2-4-8(20)21/h1-4H2,(H,18,19)(H,20,21)(H3,11,12,13,14,15,16,17). The number of H-pyrrole nitrogens is 1. The Labute approximate surface area is 117 Å². The van der Waals surface area contributed by atoms with Crippen molar-refractivity contribution in [1.82, 2.24) is 15.2 Å². The number of aromatic amines is 1. The first-order valence-electron chi connectivity index (χ1n) is 5.82. The molecular weight excluding hydrogens is 286 g/mol. The predicted octanol–water partition coefficient (Wildman–Crippen LogP) is -0.589. The van der Waals surface area contributed by atoms with Gasteiger partial charge in [-0.05, 0) is 0 Å². The zero-order chi connectivity index (χ0) is 15.8. The van der Waals surface area contributed by atoms with Crippen molar-refractivity contribution in [2.24, 2.45) is 0 Å². The second-order valence-electron chi connectivity index (χ2n) is 3.89. The molecule has 0 fully saturated rings. The van der Waals surface area contributed by atoms with Crippen molar-refractivity contribution in [2.45, 2.75) is 25.7 Å². The Hall–Kier alpha value is -2.98. The van der Waals surface area contributed by atoms with Gasteiger partial charge in [0.1, 0.15) is 0 Å². The Bertz CT molecular complexity index is 507. The number of rotatable bonds is 8. The van der Waals surface area contributed by atoms with E-state index >= 15 is 0 Å². The van der Waals surface area contributed by atoms with Gasteiger partial charge >= 0.3 is 11.9 Å². The molecule has 0 aliphatic carbocycles. The normalized spacial score (nSPS) is 9.90. The molecule has 1 rings (SSSR count). The van der Waals surface area contributed by atoms with Crippen LogP contribution >= 0.6 is 0 Å². The number of aromatic nitrogens is 3. The maximum absolute atomic E-state index is 11.3. The number of aliphatic carboxylic acids is 2. The van der Waals surface area contributed by atoms with E-state index in [-0.39, 0.29) is 37.6 Å². The fourth-order valence-corrected chi connectivity index (χ4v) is 1.20. The summed E-state index contributed by atoms with van der Waals surface area (Å²) in [7, 11) is 0. The number of hydrogen-bond donors (Lipinski definition) is 5. The highest BCUT2D eigenvalue weighted by molar-refractivity contribution is 5.92. The first-order valence-corrected chi connectivity index (χ1v) is 5.82. The molecule has 11 nitrogen and oxygen atoms in total. The van der Waals surface area contributed by atoms with E-state index in [4.69, 9.17) is 10.2 Å². The molecule has 0 aliphatic heterocycles. The zero-order valence-electron chi connectivity index (χ0n) is 10.8. The van der Waals surface area contributed by atoms with Crippen LogP contribution in [0.15, 0.2) is 0 Å². The summed E-state index contributed by atoms with van der Waals surface area (Å²) in [6.07, 6.45) is -1.10. The second-order valence-corrected chi connectivity index (χ2v) is 3.89. The Morgan fingerprint density at radius 1 is 0.905 bits per heavy atom. The van der Waals surface area contributed by atoms with Crippen LogP contribution in [0.25, 0.3) is 0 Å². The number of carboxylic acid groups (broad SMARTS) is 2. The van der Waals surface area contributed by atoms with Crippen molar-refractivity contribution in [1.29, 1.82) is 0 Å². The van der Waals surface area contributed by atoms with Gasteiger partial charge in [0.25, 0.3) is 0 Å². The molecule has 0 radical (unpaired) electrons. The fourth-order valence-electron chi connectivity index (χ4n) is 1.20. The number of carbonyl (C=O) groups is 4. The summed E-state index contributed by atoms with van der Waals surface area (Å²) in [5.74, 6) is -3.55. The van der Waals surface area contributed by atoms with E-state index in [2.05, 4.69) is 25.8 Å². The Kier molecular flexibility index (Phi) is 5.80. The van der Waals surface area contributed by atoms with Crippen LogP contribution in [0.3, 0.4) is 0 Å². The van der Waals surface area contributed by atoms with Crippen LogP contribution in [-0.4, -0.2) is 49.1 Å². The fraction of sp³-hybridized carbons (Fsp3) is 0.400. The Morgan fingerprint density at radius 2 is 1.43 bits per heavy atom. The zero-order valence-corrected chi connectivity index (χ0v) is 10.8. The third-order valence-corrected chi connectivity index (χ3v) is 2.13. The van der Waals surface area contributed by atoms with E-state index in [1.807, 2.05) is 0 Å². The third kappa shape index (κ3) is 6.66. The largest absolute Gasteiger partial charge is 0.481 e. The van der Waals surface area contributed by atoms with E-state index in [1.54, 1.807) is 0 Å². The van der Waals surface area contributed by atoms with Crippen molar-refractivity contribution in [2.75, 3.05) is 10.6 Å². The molecule has 1 aromatic heterocycles. The molecule has 0 aromatic carbocycles. The molecule has 0 spiro atoms. The number of hydrogen-bond acceptors (Lipinski definition) is 6. The SMILES string of the molecule is O=C(O)CCC(=O)Nc1n[nH]c(NC(=O)CCC(=O)O)n1. The predicted molar refractivity (Wildman–Crippen MR) is 67.4 cm³/mol. The van der Waals surface area contributed by atoms with Gasteiger partial charge in [-0.2, -0.15) is 4.98 Å². The van der Waals surface area contributed by atoms with Gasteiger partial charge in [-0.1, -0.05) is 0 Å². The van der Waals surface area contributed by atoms with E-state index in [0.717, 1.165) is 0 Å². The molecule has 21 heavy (non-hydrogen) atoms. The highest BCUT2D eigenvalue weighted by atomic mass is 16.4. The van der Waals surface area contributed by atoms with Crippen LogP contribution in [0.2, 0.25) is 0 Å². The summed E-state index contributed by atoms with van der Waals surface area (Å²) >= 11 is 0. The minimum atomic E-state index is -1.11. The highest BCUT2D eigenvalue weighted by Gasteiger charge is 2.11. The lowest BCUT2D eigenvalue weighted by atomic mass is 10.3. The molecule has 114 valence electrons. The van der Waals surface area contributed by atoms with Gasteiger partial charge in [0, 0.05) is 12.8 Å². The van der Waals surface area contributed by atoms with Crippen molar-refractivity contribution >= 4 is 35.6 Å². The molecule has 11 heteroatoms. The number of carbonyl (C=O) groups excluding carboxylic acids is 2. The average Bonchev–Trinajstić information content (AvgIpc) is 2.81. The minimum Gasteiger partial charge on any atom is -0.481 e. The number of anilines is 2. The molecule has 0 saturated carbocycles. The van der Waals surface area contributed by atoms with Crippen LogP contribution in [-0.2, 0) is 19.2 Å². The Morgan fingerprint density at radius 3 is 1.95 bits per heavy atom. The summed E-state index contributed by atoms with van der Waals surface area (Å²) in [5.41, 5.74) is 0. The van der Waals surface area contributed by atoms with Crippen molar-refractivity contribution in [3.63, 3.8) is 0 Å². The first-order chi connectivity index (χ1) is 9.86. The summed E-state index contributed by atoms with van der Waals surface area (Å²) in [5, 5.41) is 27.2. The van der Waals surface area contributed by atoms with Crippen molar-refractivity contribution < 1.29 is 29.4 Å². The van der Waals surface area contributed by atoms with Gasteiger partial charge in [-0.15, -0.1) is 5.10 Å². The van der Waals surface area contributed by atoms with E-state index < -0.39 is 23.8 Å². The van der Waals surface area contributed by atoms with Gasteiger partial charge < -0.3 is 10.2 Å². The molecule has 1 aromatic rings. The van der Waals surface area contributed by atoms with Crippen molar-refractivity contribution in [3.8, 4) is 0 Å². The molecule has 2 amide bonds. The maximum Gasteiger partial charge on any atom is 0.303 e. The number of carboxylic acids is 2. The van der Waals surface area contributed by atoms with E-state index in [1.165, 1.54) is 0 Å². The quantitative estimate of drug-likeness (QED) is 0.423. The van der Waals surface area contributed by atoms with Crippen molar-refractivity contribution in [3.05, 3.63) is 0 Å². The first kappa shape index (κ1) is 16.1. The molecule has 1 heterocycles. The van der Waals surface area contributed by atoms with E-state index in [0.29, 0.717) is 0 Å².